The SMILES string of the molecule is C/C=C1/CC2C=CC1C2.C=CC/C=C/C. The molecule has 82 valence electrons. The predicted molar refractivity (Wildman–Crippen MR) is 68.7 cm³/mol. The summed E-state index contributed by atoms with van der Waals surface area (Å²) in [4.78, 5) is 0. The van der Waals surface area contributed by atoms with Gasteiger partial charge in [0.2, 0.25) is 0 Å². The van der Waals surface area contributed by atoms with Gasteiger partial charge in [0, 0.05) is 0 Å². The number of rotatable bonds is 2. The minimum Gasteiger partial charge on any atom is -0.103 e. The van der Waals surface area contributed by atoms with Gasteiger partial charge in [0.15, 0.2) is 0 Å². The topological polar surface area (TPSA) is 0 Å². The summed E-state index contributed by atoms with van der Waals surface area (Å²) in [5.41, 5.74) is 1.67. The Balaban J connectivity index is 0.000000167. The van der Waals surface area contributed by atoms with Gasteiger partial charge in [-0.15, -0.1) is 6.58 Å². The molecule has 2 bridgehead atoms. The van der Waals surface area contributed by atoms with Gasteiger partial charge in [-0.1, -0.05) is 42.0 Å². The predicted octanol–water partition coefficient (Wildman–Crippen LogP) is 4.67. The van der Waals surface area contributed by atoms with E-state index in [0.717, 1.165) is 18.3 Å². The highest BCUT2D eigenvalue weighted by Crippen LogP contribution is 2.42. The molecule has 0 amide bonds. The van der Waals surface area contributed by atoms with Crippen LogP contribution in [0.1, 0.15) is 33.1 Å². The van der Waals surface area contributed by atoms with E-state index in [1.165, 1.54) is 12.8 Å². The Kier molecular flexibility index (Phi) is 5.17. The lowest BCUT2D eigenvalue weighted by Crippen LogP contribution is -1.90. The van der Waals surface area contributed by atoms with E-state index in [4.69, 9.17) is 0 Å². The largest absolute Gasteiger partial charge is 0.103 e. The van der Waals surface area contributed by atoms with Crippen LogP contribution >= 0.6 is 0 Å². The van der Waals surface area contributed by atoms with E-state index in [2.05, 4.69) is 37.8 Å². The summed E-state index contributed by atoms with van der Waals surface area (Å²) in [7, 11) is 0. The molecule has 15 heavy (non-hydrogen) atoms. The van der Waals surface area contributed by atoms with Gasteiger partial charge in [-0.05, 0) is 44.9 Å². The average Bonchev–Trinajstić information content (AvgIpc) is 2.88. The van der Waals surface area contributed by atoms with Crippen molar-refractivity contribution < 1.29 is 0 Å². The molecule has 0 radical (unpaired) electrons. The number of hydrogen-bond acceptors (Lipinski definition) is 0. The molecular formula is C15H22. The smallest absolute Gasteiger partial charge is 0.00174 e. The highest BCUT2D eigenvalue weighted by Gasteiger charge is 2.29. The molecule has 0 heterocycles. The van der Waals surface area contributed by atoms with Gasteiger partial charge < -0.3 is 0 Å². The van der Waals surface area contributed by atoms with Crippen molar-refractivity contribution in [1.29, 1.82) is 0 Å². The third kappa shape index (κ3) is 3.54. The third-order valence-electron chi connectivity index (χ3n) is 3.06. The van der Waals surface area contributed by atoms with Crippen LogP contribution in [-0.4, -0.2) is 0 Å². The van der Waals surface area contributed by atoms with E-state index >= 15 is 0 Å². The minimum atomic E-state index is 0.833. The molecule has 1 fully saturated rings. The summed E-state index contributed by atoms with van der Waals surface area (Å²) in [5, 5.41) is 0. The fourth-order valence-corrected chi connectivity index (χ4v) is 2.22. The van der Waals surface area contributed by atoms with E-state index in [0.29, 0.717) is 0 Å². The fraction of sp³-hybridized carbons (Fsp3) is 0.467. The summed E-state index contributed by atoms with van der Waals surface area (Å²) in [6, 6.07) is 0. The maximum Gasteiger partial charge on any atom is -0.00174 e. The van der Waals surface area contributed by atoms with E-state index in [9.17, 15) is 0 Å². The van der Waals surface area contributed by atoms with Crippen molar-refractivity contribution in [2.45, 2.75) is 33.1 Å². The van der Waals surface area contributed by atoms with Crippen LogP contribution in [0, 0.1) is 11.8 Å². The number of allylic oxidation sites excluding steroid dienone is 7. The third-order valence-corrected chi connectivity index (χ3v) is 3.06. The van der Waals surface area contributed by atoms with Gasteiger partial charge >= 0.3 is 0 Å². The summed E-state index contributed by atoms with van der Waals surface area (Å²) < 4.78 is 0. The van der Waals surface area contributed by atoms with Gasteiger partial charge in [0.05, 0.1) is 0 Å². The molecule has 0 nitrogen and oxygen atoms in total. The fourth-order valence-electron chi connectivity index (χ4n) is 2.22. The molecule has 0 aromatic carbocycles. The molecular weight excluding hydrogens is 180 g/mol. The van der Waals surface area contributed by atoms with Crippen LogP contribution in [0.25, 0.3) is 0 Å². The van der Waals surface area contributed by atoms with Crippen LogP contribution < -0.4 is 0 Å². The Morgan fingerprint density at radius 2 is 2.20 bits per heavy atom. The zero-order chi connectivity index (χ0) is 11.1. The average molecular weight is 202 g/mol. The molecule has 2 aliphatic carbocycles. The number of hydrogen-bond donors (Lipinski definition) is 0. The zero-order valence-corrected chi connectivity index (χ0v) is 9.95. The zero-order valence-electron chi connectivity index (χ0n) is 9.95. The lowest BCUT2D eigenvalue weighted by atomic mass is 10.0. The van der Waals surface area contributed by atoms with Crippen LogP contribution in [-0.2, 0) is 0 Å². The summed E-state index contributed by atoms with van der Waals surface area (Å²) in [5.74, 6) is 1.74. The van der Waals surface area contributed by atoms with Crippen molar-refractivity contribution >= 4 is 0 Å². The normalized spacial score (nSPS) is 29.6. The van der Waals surface area contributed by atoms with Crippen molar-refractivity contribution in [3.05, 3.63) is 48.6 Å². The van der Waals surface area contributed by atoms with Crippen LogP contribution in [0.5, 0.6) is 0 Å². The Morgan fingerprint density at radius 3 is 2.47 bits per heavy atom. The first-order valence-electron chi connectivity index (χ1n) is 5.87. The molecule has 0 aromatic rings. The second-order valence-electron chi connectivity index (χ2n) is 4.15. The number of fused-ring (bicyclic) bond motifs is 2. The molecule has 2 aliphatic rings. The lowest BCUT2D eigenvalue weighted by Gasteiger charge is -2.05. The van der Waals surface area contributed by atoms with Gasteiger partial charge in [-0.2, -0.15) is 0 Å². The monoisotopic (exact) mass is 202 g/mol. The molecule has 0 spiro atoms. The van der Waals surface area contributed by atoms with Gasteiger partial charge in [-0.25, -0.2) is 0 Å². The quantitative estimate of drug-likeness (QED) is 0.571. The van der Waals surface area contributed by atoms with Crippen molar-refractivity contribution in [3.8, 4) is 0 Å². The highest BCUT2D eigenvalue weighted by atomic mass is 14.3. The first-order chi connectivity index (χ1) is 7.31. The van der Waals surface area contributed by atoms with E-state index < -0.39 is 0 Å². The van der Waals surface area contributed by atoms with E-state index in [1.807, 2.05) is 19.1 Å². The maximum absolute atomic E-state index is 3.55. The Labute approximate surface area is 94.1 Å². The maximum atomic E-state index is 3.55. The van der Waals surface area contributed by atoms with Crippen LogP contribution in [0.15, 0.2) is 48.6 Å². The molecule has 2 atom stereocenters. The van der Waals surface area contributed by atoms with E-state index in [-0.39, 0.29) is 0 Å². The van der Waals surface area contributed by atoms with E-state index in [1.54, 1.807) is 5.57 Å². The molecule has 1 saturated carbocycles. The summed E-state index contributed by atoms with van der Waals surface area (Å²) in [6.07, 6.45) is 16.7. The Bertz CT molecular complexity index is 278. The molecule has 0 saturated heterocycles. The molecule has 0 aliphatic heterocycles. The first kappa shape index (κ1) is 12.0. The van der Waals surface area contributed by atoms with Crippen molar-refractivity contribution in [3.63, 3.8) is 0 Å². The van der Waals surface area contributed by atoms with Crippen molar-refractivity contribution in [1.82, 2.24) is 0 Å². The first-order valence-corrected chi connectivity index (χ1v) is 5.87. The second-order valence-corrected chi connectivity index (χ2v) is 4.15. The minimum absolute atomic E-state index is 0.833. The summed E-state index contributed by atoms with van der Waals surface area (Å²) >= 11 is 0. The van der Waals surface area contributed by atoms with Crippen LogP contribution in [0.4, 0.5) is 0 Å². The van der Waals surface area contributed by atoms with Gasteiger partial charge in [0.25, 0.3) is 0 Å². The highest BCUT2D eigenvalue weighted by molar-refractivity contribution is 5.26. The molecule has 0 N–H and O–H groups in total. The second kappa shape index (κ2) is 6.44. The Hall–Kier alpha value is -1.04. The summed E-state index contributed by atoms with van der Waals surface area (Å²) in [6.45, 7) is 7.71. The van der Waals surface area contributed by atoms with Crippen molar-refractivity contribution in [2.24, 2.45) is 11.8 Å². The Morgan fingerprint density at radius 1 is 1.40 bits per heavy atom. The molecule has 0 heteroatoms. The van der Waals surface area contributed by atoms with Crippen LogP contribution in [0.2, 0.25) is 0 Å². The standard InChI is InChI=1S/C9H12.C6H10/c1-2-8-5-7-3-4-9(8)6-7;1-3-5-6-4-2/h2-4,7,9H,5-6H2,1H3;3-4,6H,1,5H2,2H3/b8-2-;6-4+. The van der Waals surface area contributed by atoms with Gasteiger partial charge in [-0.3, -0.25) is 0 Å². The molecule has 0 aromatic heterocycles. The lowest BCUT2D eigenvalue weighted by molar-refractivity contribution is 0.693. The van der Waals surface area contributed by atoms with Gasteiger partial charge in [0.1, 0.15) is 0 Å². The van der Waals surface area contributed by atoms with Crippen LogP contribution in [0.3, 0.4) is 0 Å². The van der Waals surface area contributed by atoms with Crippen molar-refractivity contribution in [2.75, 3.05) is 0 Å². The molecule has 2 unspecified atom stereocenters. The molecule has 2 rings (SSSR count).